The van der Waals surface area contributed by atoms with Crippen LogP contribution in [0.3, 0.4) is 0 Å². The summed E-state index contributed by atoms with van der Waals surface area (Å²) in [5.74, 6) is 1.25. The number of rotatable bonds is 11. The van der Waals surface area contributed by atoms with Crippen LogP contribution in [0.5, 0.6) is 5.75 Å². The van der Waals surface area contributed by atoms with Crippen LogP contribution in [0.15, 0.2) is 109 Å². The number of nitrogens with zero attached hydrogens (tertiary/aromatic N) is 1. The molecule has 3 nitrogen and oxygen atoms in total. The van der Waals surface area contributed by atoms with E-state index in [9.17, 15) is 0 Å². The summed E-state index contributed by atoms with van der Waals surface area (Å²) in [6.07, 6.45) is 2.03. The van der Waals surface area contributed by atoms with Crippen LogP contribution in [-0.4, -0.2) is 12.6 Å². The van der Waals surface area contributed by atoms with Crippen molar-refractivity contribution < 1.29 is 4.74 Å². The summed E-state index contributed by atoms with van der Waals surface area (Å²) in [7, 11) is 0. The molecule has 0 radical (unpaired) electrons. The van der Waals surface area contributed by atoms with E-state index in [1.165, 1.54) is 16.7 Å². The Morgan fingerprint density at radius 2 is 1.31 bits per heavy atom. The zero-order chi connectivity index (χ0) is 24.3. The molecule has 1 atom stereocenters. The first kappa shape index (κ1) is 24.3. The highest BCUT2D eigenvalue weighted by atomic mass is 16.5. The SMILES string of the molecule is CC(Cc1ccc(OCc2ccc(C#N)cc2)cc1)NCCC(c1ccccc1)c1ccccc1. The van der Waals surface area contributed by atoms with Gasteiger partial charge in [-0.25, -0.2) is 0 Å². The van der Waals surface area contributed by atoms with Crippen molar-refractivity contribution >= 4 is 0 Å². The lowest BCUT2D eigenvalue weighted by molar-refractivity contribution is 0.306. The molecule has 0 spiro atoms. The minimum absolute atomic E-state index is 0.382. The van der Waals surface area contributed by atoms with Gasteiger partial charge in [-0.3, -0.25) is 0 Å². The Bertz CT molecular complexity index is 1160. The van der Waals surface area contributed by atoms with E-state index in [2.05, 4.69) is 91.1 Å². The van der Waals surface area contributed by atoms with Crippen LogP contribution >= 0.6 is 0 Å². The summed E-state index contributed by atoms with van der Waals surface area (Å²) in [5.41, 5.74) is 5.74. The Hall–Kier alpha value is -3.87. The average Bonchev–Trinajstić information content (AvgIpc) is 2.92. The molecule has 4 aromatic rings. The smallest absolute Gasteiger partial charge is 0.119 e. The van der Waals surface area contributed by atoms with Crippen LogP contribution in [0, 0.1) is 11.3 Å². The molecule has 0 aromatic heterocycles. The van der Waals surface area contributed by atoms with E-state index >= 15 is 0 Å². The van der Waals surface area contributed by atoms with E-state index in [1.54, 1.807) is 0 Å². The highest BCUT2D eigenvalue weighted by molar-refractivity contribution is 5.33. The summed E-state index contributed by atoms with van der Waals surface area (Å²) < 4.78 is 5.90. The van der Waals surface area contributed by atoms with Gasteiger partial charge in [-0.1, -0.05) is 84.9 Å². The first-order valence-electron chi connectivity index (χ1n) is 12.3. The fraction of sp³-hybridized carbons (Fsp3) is 0.219. The minimum atomic E-state index is 0.382. The molecule has 4 aromatic carbocycles. The lowest BCUT2D eigenvalue weighted by atomic mass is 9.88. The molecule has 0 aliphatic rings. The topological polar surface area (TPSA) is 45.0 Å². The van der Waals surface area contributed by atoms with Gasteiger partial charge in [-0.05, 0) is 72.8 Å². The normalized spacial score (nSPS) is 11.7. The quantitative estimate of drug-likeness (QED) is 0.265. The van der Waals surface area contributed by atoms with Gasteiger partial charge in [0.1, 0.15) is 12.4 Å². The Kier molecular flexibility index (Phi) is 8.70. The molecule has 0 bridgehead atoms. The average molecular weight is 461 g/mol. The fourth-order valence-electron chi connectivity index (χ4n) is 4.36. The van der Waals surface area contributed by atoms with Crippen molar-refractivity contribution in [3.05, 3.63) is 137 Å². The van der Waals surface area contributed by atoms with Crippen molar-refractivity contribution in [1.29, 1.82) is 5.26 Å². The maximum Gasteiger partial charge on any atom is 0.119 e. The number of benzene rings is 4. The molecule has 4 rings (SSSR count). The number of nitriles is 1. The third kappa shape index (κ3) is 7.30. The molecule has 0 saturated heterocycles. The third-order valence-electron chi connectivity index (χ3n) is 6.28. The van der Waals surface area contributed by atoms with Crippen molar-refractivity contribution in [2.75, 3.05) is 6.54 Å². The van der Waals surface area contributed by atoms with Crippen molar-refractivity contribution in [3.8, 4) is 11.8 Å². The van der Waals surface area contributed by atoms with Crippen LogP contribution in [-0.2, 0) is 13.0 Å². The van der Waals surface area contributed by atoms with Gasteiger partial charge >= 0.3 is 0 Å². The van der Waals surface area contributed by atoms with E-state index in [-0.39, 0.29) is 0 Å². The second-order valence-electron chi connectivity index (χ2n) is 8.96. The Labute approximate surface area is 209 Å². The van der Waals surface area contributed by atoms with E-state index in [0.29, 0.717) is 24.1 Å². The van der Waals surface area contributed by atoms with E-state index in [1.807, 2.05) is 36.4 Å². The molecule has 3 heteroatoms. The van der Waals surface area contributed by atoms with Gasteiger partial charge < -0.3 is 10.1 Å². The Morgan fingerprint density at radius 3 is 1.89 bits per heavy atom. The van der Waals surface area contributed by atoms with Gasteiger partial charge in [0.05, 0.1) is 11.6 Å². The van der Waals surface area contributed by atoms with Crippen molar-refractivity contribution in [1.82, 2.24) is 5.32 Å². The van der Waals surface area contributed by atoms with E-state index in [4.69, 9.17) is 10.00 Å². The van der Waals surface area contributed by atoms with E-state index in [0.717, 1.165) is 30.7 Å². The number of hydrogen-bond donors (Lipinski definition) is 1. The molecular formula is C32H32N2O. The third-order valence-corrected chi connectivity index (χ3v) is 6.28. The molecule has 1 N–H and O–H groups in total. The molecule has 176 valence electrons. The van der Waals surface area contributed by atoms with Crippen molar-refractivity contribution in [2.24, 2.45) is 0 Å². The van der Waals surface area contributed by atoms with Crippen LogP contribution < -0.4 is 10.1 Å². The zero-order valence-electron chi connectivity index (χ0n) is 20.2. The zero-order valence-corrected chi connectivity index (χ0v) is 20.2. The largest absolute Gasteiger partial charge is 0.489 e. The summed E-state index contributed by atoms with van der Waals surface area (Å²) in [4.78, 5) is 0. The monoisotopic (exact) mass is 460 g/mol. The van der Waals surface area contributed by atoms with E-state index < -0.39 is 0 Å². The summed E-state index contributed by atoms with van der Waals surface area (Å²) in [6.45, 7) is 3.70. The first-order valence-corrected chi connectivity index (χ1v) is 12.3. The molecular weight excluding hydrogens is 428 g/mol. The predicted molar refractivity (Wildman–Crippen MR) is 142 cm³/mol. The number of nitrogens with one attached hydrogen (secondary N) is 1. The number of ether oxygens (including phenoxy) is 1. The first-order chi connectivity index (χ1) is 17.2. The molecule has 35 heavy (non-hydrogen) atoms. The highest BCUT2D eigenvalue weighted by Crippen LogP contribution is 2.27. The lowest BCUT2D eigenvalue weighted by Gasteiger charge is -2.20. The second-order valence-corrected chi connectivity index (χ2v) is 8.96. The van der Waals surface area contributed by atoms with Crippen LogP contribution in [0.4, 0.5) is 0 Å². The standard InChI is InChI=1S/C32H32N2O/c1-25(34-21-20-32(29-8-4-2-5-9-29)30-10-6-3-7-11-30)22-26-16-18-31(19-17-26)35-24-28-14-12-27(23-33)13-15-28/h2-19,25,32,34H,20-22,24H2,1H3. The van der Waals surface area contributed by atoms with Gasteiger partial charge in [-0.2, -0.15) is 5.26 Å². The molecule has 0 aliphatic heterocycles. The minimum Gasteiger partial charge on any atom is -0.489 e. The van der Waals surface area contributed by atoms with Gasteiger partial charge in [0.2, 0.25) is 0 Å². The molecule has 0 saturated carbocycles. The van der Waals surface area contributed by atoms with Crippen molar-refractivity contribution in [3.63, 3.8) is 0 Å². The van der Waals surface area contributed by atoms with Crippen LogP contribution in [0.25, 0.3) is 0 Å². The summed E-state index contributed by atoms with van der Waals surface area (Å²) in [5, 5.41) is 12.6. The second kappa shape index (κ2) is 12.6. The lowest BCUT2D eigenvalue weighted by Crippen LogP contribution is -2.30. The molecule has 0 heterocycles. The molecule has 0 fully saturated rings. The summed E-state index contributed by atoms with van der Waals surface area (Å²) in [6, 6.07) is 39.9. The predicted octanol–water partition coefficient (Wildman–Crippen LogP) is 6.88. The van der Waals surface area contributed by atoms with Crippen LogP contribution in [0.1, 0.15) is 47.1 Å². The molecule has 1 unspecified atom stereocenters. The Morgan fingerprint density at radius 1 is 0.743 bits per heavy atom. The van der Waals surface area contributed by atoms with Gasteiger partial charge in [0.25, 0.3) is 0 Å². The Balaban J connectivity index is 1.25. The molecule has 0 amide bonds. The number of hydrogen-bond acceptors (Lipinski definition) is 3. The molecule has 0 aliphatic carbocycles. The van der Waals surface area contributed by atoms with Crippen LogP contribution in [0.2, 0.25) is 0 Å². The van der Waals surface area contributed by atoms with Crippen molar-refractivity contribution in [2.45, 2.75) is 38.3 Å². The highest BCUT2D eigenvalue weighted by Gasteiger charge is 2.14. The maximum atomic E-state index is 8.91. The van der Waals surface area contributed by atoms with Gasteiger partial charge in [0, 0.05) is 12.0 Å². The maximum absolute atomic E-state index is 8.91. The summed E-state index contributed by atoms with van der Waals surface area (Å²) >= 11 is 0. The van der Waals surface area contributed by atoms with Gasteiger partial charge in [0.15, 0.2) is 0 Å². The fourth-order valence-corrected chi connectivity index (χ4v) is 4.36. The van der Waals surface area contributed by atoms with Gasteiger partial charge in [-0.15, -0.1) is 0 Å².